The Balaban J connectivity index is 1.97. The highest BCUT2D eigenvalue weighted by Gasteiger charge is 2.33. The lowest BCUT2D eigenvalue weighted by Gasteiger charge is -2.40. The molecule has 1 fully saturated rings. The molecule has 7 nitrogen and oxygen atoms in total. The molecule has 0 aliphatic carbocycles. The van der Waals surface area contributed by atoms with Crippen molar-refractivity contribution in [1.29, 1.82) is 0 Å². The standard InChI is InChI=1S/C14H22N4O3/c1-14(2,3)12(19)15-9-7-18(8-9)13-16-10(20-4)6-11(17-13)21-5/h6,9H,7-8H2,1-5H3,(H,15,19). The molecule has 1 N–H and O–H groups in total. The summed E-state index contributed by atoms with van der Waals surface area (Å²) in [4.78, 5) is 22.5. The first-order valence-electron chi connectivity index (χ1n) is 6.86. The van der Waals surface area contributed by atoms with Gasteiger partial charge >= 0.3 is 0 Å². The van der Waals surface area contributed by atoms with Crippen molar-refractivity contribution in [3.63, 3.8) is 0 Å². The molecule has 1 aromatic rings. The molecular formula is C14H22N4O3. The van der Waals surface area contributed by atoms with Gasteiger partial charge in [0, 0.05) is 18.5 Å². The van der Waals surface area contributed by atoms with E-state index in [9.17, 15) is 4.79 Å². The van der Waals surface area contributed by atoms with Gasteiger partial charge in [-0.25, -0.2) is 0 Å². The summed E-state index contributed by atoms with van der Waals surface area (Å²) in [5.41, 5.74) is -0.379. The van der Waals surface area contributed by atoms with E-state index in [1.54, 1.807) is 20.3 Å². The number of amides is 1. The molecule has 1 aliphatic heterocycles. The van der Waals surface area contributed by atoms with E-state index in [-0.39, 0.29) is 17.4 Å². The average Bonchev–Trinajstić information content (AvgIpc) is 2.40. The third-order valence-electron chi connectivity index (χ3n) is 3.27. The Morgan fingerprint density at radius 2 is 1.76 bits per heavy atom. The lowest BCUT2D eigenvalue weighted by molar-refractivity contribution is -0.129. The van der Waals surface area contributed by atoms with Crippen LogP contribution < -0.4 is 19.7 Å². The van der Waals surface area contributed by atoms with Crippen LogP contribution in [-0.2, 0) is 4.79 Å². The van der Waals surface area contributed by atoms with Crippen LogP contribution in [0.15, 0.2) is 6.07 Å². The molecule has 7 heteroatoms. The smallest absolute Gasteiger partial charge is 0.232 e. The van der Waals surface area contributed by atoms with Crippen LogP contribution in [0.2, 0.25) is 0 Å². The van der Waals surface area contributed by atoms with Gasteiger partial charge in [0.2, 0.25) is 23.6 Å². The van der Waals surface area contributed by atoms with Gasteiger partial charge in [-0.2, -0.15) is 9.97 Å². The number of nitrogens with zero attached hydrogens (tertiary/aromatic N) is 3. The first kappa shape index (κ1) is 15.3. The van der Waals surface area contributed by atoms with Gasteiger partial charge in [0.15, 0.2) is 0 Å². The number of aromatic nitrogens is 2. The zero-order chi connectivity index (χ0) is 15.6. The summed E-state index contributed by atoms with van der Waals surface area (Å²) in [5.74, 6) is 1.52. The monoisotopic (exact) mass is 294 g/mol. The van der Waals surface area contributed by atoms with E-state index in [0.717, 1.165) is 0 Å². The minimum Gasteiger partial charge on any atom is -0.481 e. The maximum Gasteiger partial charge on any atom is 0.232 e. The summed E-state index contributed by atoms with van der Waals surface area (Å²) >= 11 is 0. The van der Waals surface area contributed by atoms with E-state index in [2.05, 4.69) is 15.3 Å². The molecular weight excluding hydrogens is 272 g/mol. The fraction of sp³-hybridized carbons (Fsp3) is 0.643. The maximum absolute atomic E-state index is 11.9. The first-order chi connectivity index (χ1) is 9.83. The number of carbonyl (C=O) groups excluding carboxylic acids is 1. The maximum atomic E-state index is 11.9. The molecule has 0 unspecified atom stereocenters. The van der Waals surface area contributed by atoms with Gasteiger partial charge in [-0.1, -0.05) is 20.8 Å². The summed E-state index contributed by atoms with van der Waals surface area (Å²) < 4.78 is 10.2. The van der Waals surface area contributed by atoms with Gasteiger partial charge in [0.25, 0.3) is 0 Å². The molecule has 1 aliphatic rings. The molecule has 0 aromatic carbocycles. The fourth-order valence-corrected chi connectivity index (χ4v) is 1.88. The molecule has 2 rings (SSSR count). The third kappa shape index (κ3) is 3.53. The number of ether oxygens (including phenoxy) is 2. The van der Waals surface area contributed by atoms with E-state index in [0.29, 0.717) is 30.8 Å². The molecule has 2 heterocycles. The third-order valence-corrected chi connectivity index (χ3v) is 3.27. The summed E-state index contributed by atoms with van der Waals surface area (Å²) in [6, 6.07) is 1.75. The number of anilines is 1. The Morgan fingerprint density at radius 3 is 2.19 bits per heavy atom. The predicted octanol–water partition coefficient (Wildman–Crippen LogP) is 0.845. The fourth-order valence-electron chi connectivity index (χ4n) is 1.88. The number of nitrogens with one attached hydrogen (secondary N) is 1. The Morgan fingerprint density at radius 1 is 1.24 bits per heavy atom. The number of hydrogen-bond acceptors (Lipinski definition) is 6. The van der Waals surface area contributed by atoms with Gasteiger partial charge in [0.05, 0.1) is 26.3 Å². The lowest BCUT2D eigenvalue weighted by Crippen LogP contribution is -2.61. The number of carbonyl (C=O) groups is 1. The number of hydrogen-bond donors (Lipinski definition) is 1. The quantitative estimate of drug-likeness (QED) is 0.887. The largest absolute Gasteiger partial charge is 0.481 e. The average molecular weight is 294 g/mol. The summed E-state index contributed by atoms with van der Waals surface area (Å²) in [6.45, 7) is 7.05. The van der Waals surface area contributed by atoms with Crippen molar-refractivity contribution < 1.29 is 14.3 Å². The van der Waals surface area contributed by atoms with E-state index < -0.39 is 0 Å². The van der Waals surface area contributed by atoms with Crippen LogP contribution in [0.4, 0.5) is 5.95 Å². The topological polar surface area (TPSA) is 76.6 Å². The van der Waals surface area contributed by atoms with Crippen LogP contribution in [0.25, 0.3) is 0 Å². The Bertz CT molecular complexity index is 499. The molecule has 0 spiro atoms. The highest BCUT2D eigenvalue weighted by Crippen LogP contribution is 2.24. The van der Waals surface area contributed by atoms with Gasteiger partial charge in [0.1, 0.15) is 0 Å². The minimum absolute atomic E-state index is 0.0521. The molecule has 0 saturated carbocycles. The van der Waals surface area contributed by atoms with Gasteiger partial charge in [-0.3, -0.25) is 4.79 Å². The van der Waals surface area contributed by atoms with Crippen LogP contribution in [0.1, 0.15) is 20.8 Å². The van der Waals surface area contributed by atoms with Crippen molar-refractivity contribution >= 4 is 11.9 Å². The van der Waals surface area contributed by atoms with Crippen LogP contribution in [0.3, 0.4) is 0 Å². The van der Waals surface area contributed by atoms with Crippen molar-refractivity contribution in [1.82, 2.24) is 15.3 Å². The van der Waals surface area contributed by atoms with E-state index in [1.165, 1.54) is 0 Å². The Kier molecular flexibility index (Phi) is 4.20. The zero-order valence-electron chi connectivity index (χ0n) is 13.1. The van der Waals surface area contributed by atoms with Crippen molar-refractivity contribution in [3.05, 3.63) is 6.07 Å². The first-order valence-corrected chi connectivity index (χ1v) is 6.86. The molecule has 1 saturated heterocycles. The summed E-state index contributed by atoms with van der Waals surface area (Å²) in [7, 11) is 3.10. The van der Waals surface area contributed by atoms with Crippen LogP contribution in [-0.4, -0.2) is 49.2 Å². The molecule has 0 radical (unpaired) electrons. The Hall–Kier alpha value is -2.05. The minimum atomic E-state index is -0.379. The van der Waals surface area contributed by atoms with Gasteiger partial charge in [-0.15, -0.1) is 0 Å². The predicted molar refractivity (Wildman–Crippen MR) is 78.7 cm³/mol. The van der Waals surface area contributed by atoms with Crippen molar-refractivity contribution in [2.24, 2.45) is 5.41 Å². The second kappa shape index (κ2) is 5.75. The zero-order valence-corrected chi connectivity index (χ0v) is 13.1. The molecule has 0 atom stereocenters. The molecule has 1 aromatic heterocycles. The van der Waals surface area contributed by atoms with Crippen molar-refractivity contribution in [2.75, 3.05) is 32.2 Å². The van der Waals surface area contributed by atoms with Gasteiger partial charge < -0.3 is 19.7 Å². The second-order valence-electron chi connectivity index (χ2n) is 6.08. The van der Waals surface area contributed by atoms with Crippen molar-refractivity contribution in [3.8, 4) is 11.8 Å². The van der Waals surface area contributed by atoms with Gasteiger partial charge in [-0.05, 0) is 0 Å². The summed E-state index contributed by atoms with van der Waals surface area (Å²) in [6.07, 6.45) is 0. The normalized spacial score (nSPS) is 15.4. The Labute approximate surface area is 124 Å². The molecule has 0 bridgehead atoms. The summed E-state index contributed by atoms with van der Waals surface area (Å²) in [5, 5.41) is 3.01. The van der Waals surface area contributed by atoms with E-state index in [4.69, 9.17) is 9.47 Å². The van der Waals surface area contributed by atoms with E-state index >= 15 is 0 Å². The molecule has 1 amide bonds. The van der Waals surface area contributed by atoms with Crippen molar-refractivity contribution in [2.45, 2.75) is 26.8 Å². The lowest BCUT2D eigenvalue weighted by atomic mass is 9.94. The molecule has 116 valence electrons. The SMILES string of the molecule is COc1cc(OC)nc(N2CC(NC(=O)C(C)(C)C)C2)n1. The number of rotatable bonds is 4. The highest BCUT2D eigenvalue weighted by molar-refractivity contribution is 5.82. The highest BCUT2D eigenvalue weighted by atomic mass is 16.5. The molecule has 21 heavy (non-hydrogen) atoms. The van der Waals surface area contributed by atoms with E-state index in [1.807, 2.05) is 25.7 Å². The van der Waals surface area contributed by atoms with Crippen LogP contribution >= 0.6 is 0 Å². The number of methoxy groups -OCH3 is 2. The van der Waals surface area contributed by atoms with Crippen LogP contribution in [0.5, 0.6) is 11.8 Å². The second-order valence-corrected chi connectivity index (χ2v) is 6.08. The van der Waals surface area contributed by atoms with Crippen LogP contribution in [0, 0.1) is 5.41 Å².